The molecule has 1 rings (SSSR count). The van der Waals surface area contributed by atoms with Crippen LogP contribution in [0, 0.1) is 0 Å². The van der Waals surface area contributed by atoms with Crippen molar-refractivity contribution < 1.29 is 9.59 Å². The zero-order valence-corrected chi connectivity index (χ0v) is 11.7. The first kappa shape index (κ1) is 15.0. The van der Waals surface area contributed by atoms with Gasteiger partial charge in [-0.2, -0.15) is 0 Å². The second-order valence-corrected chi connectivity index (χ2v) is 4.96. The molecule has 1 heterocycles. The van der Waals surface area contributed by atoms with Crippen LogP contribution < -0.4 is 10.6 Å². The monoisotopic (exact) mass is 255 g/mol. The van der Waals surface area contributed by atoms with Crippen molar-refractivity contribution in [3.05, 3.63) is 0 Å². The Bertz CT molecular complexity index is 286. The van der Waals surface area contributed by atoms with E-state index >= 15 is 0 Å². The maximum absolute atomic E-state index is 11.7. The fourth-order valence-electron chi connectivity index (χ4n) is 2.19. The minimum Gasteiger partial charge on any atom is -0.355 e. The van der Waals surface area contributed by atoms with Crippen LogP contribution in [0.5, 0.6) is 0 Å². The normalized spacial score (nSPS) is 18.5. The van der Waals surface area contributed by atoms with Crippen molar-refractivity contribution in [2.75, 3.05) is 19.6 Å². The van der Waals surface area contributed by atoms with Gasteiger partial charge in [0.15, 0.2) is 0 Å². The fraction of sp³-hybridized carbons (Fsp3) is 0.846. The molecule has 0 saturated carbocycles. The lowest BCUT2D eigenvalue weighted by Gasteiger charge is -2.33. The van der Waals surface area contributed by atoms with Crippen LogP contribution in [0.15, 0.2) is 0 Å². The topological polar surface area (TPSA) is 61.4 Å². The van der Waals surface area contributed by atoms with E-state index in [1.54, 1.807) is 6.92 Å². The Morgan fingerprint density at radius 2 is 1.94 bits per heavy atom. The Morgan fingerprint density at radius 3 is 2.44 bits per heavy atom. The number of nitrogens with zero attached hydrogens (tertiary/aromatic N) is 1. The van der Waals surface area contributed by atoms with Crippen LogP contribution >= 0.6 is 0 Å². The molecule has 1 unspecified atom stereocenters. The first-order chi connectivity index (χ1) is 8.54. The molecule has 1 aliphatic heterocycles. The SMILES string of the molecule is CCCNC(=O)C(C)NC1CCN(C(C)=O)CC1. The Balaban J connectivity index is 2.27. The van der Waals surface area contributed by atoms with E-state index in [-0.39, 0.29) is 17.9 Å². The predicted octanol–water partition coefficient (Wildman–Crippen LogP) is 0.502. The minimum atomic E-state index is -0.162. The van der Waals surface area contributed by atoms with E-state index in [4.69, 9.17) is 0 Å². The van der Waals surface area contributed by atoms with Gasteiger partial charge in [-0.05, 0) is 26.2 Å². The molecule has 1 atom stereocenters. The summed E-state index contributed by atoms with van der Waals surface area (Å²) in [6.07, 6.45) is 2.80. The molecule has 1 saturated heterocycles. The molecule has 0 aromatic heterocycles. The van der Waals surface area contributed by atoms with Gasteiger partial charge in [0.25, 0.3) is 0 Å². The van der Waals surface area contributed by atoms with E-state index in [1.165, 1.54) is 0 Å². The summed E-state index contributed by atoms with van der Waals surface area (Å²) in [6, 6.07) is 0.174. The lowest BCUT2D eigenvalue weighted by atomic mass is 10.0. The maximum atomic E-state index is 11.7. The van der Waals surface area contributed by atoms with Crippen molar-refractivity contribution in [1.29, 1.82) is 0 Å². The number of hydrogen-bond acceptors (Lipinski definition) is 3. The van der Waals surface area contributed by atoms with E-state index in [0.717, 1.165) is 38.9 Å². The molecule has 1 fully saturated rings. The molecule has 0 aliphatic carbocycles. The molecule has 5 nitrogen and oxygen atoms in total. The fourth-order valence-corrected chi connectivity index (χ4v) is 2.19. The first-order valence-corrected chi connectivity index (χ1v) is 6.83. The van der Waals surface area contributed by atoms with Gasteiger partial charge < -0.3 is 15.5 Å². The zero-order valence-electron chi connectivity index (χ0n) is 11.7. The molecular weight excluding hydrogens is 230 g/mol. The third-order valence-electron chi connectivity index (χ3n) is 3.37. The smallest absolute Gasteiger partial charge is 0.236 e. The number of piperidine rings is 1. The van der Waals surface area contributed by atoms with Gasteiger partial charge in [0.2, 0.25) is 11.8 Å². The Labute approximate surface area is 109 Å². The Morgan fingerprint density at radius 1 is 1.33 bits per heavy atom. The number of nitrogens with one attached hydrogen (secondary N) is 2. The number of carbonyl (C=O) groups is 2. The van der Waals surface area contributed by atoms with E-state index < -0.39 is 0 Å². The molecule has 5 heteroatoms. The molecule has 0 aromatic rings. The molecule has 2 amide bonds. The lowest BCUT2D eigenvalue weighted by Crippen LogP contribution is -2.51. The molecule has 0 spiro atoms. The molecule has 0 radical (unpaired) electrons. The van der Waals surface area contributed by atoms with Crippen molar-refractivity contribution in [1.82, 2.24) is 15.5 Å². The molecule has 0 bridgehead atoms. The van der Waals surface area contributed by atoms with E-state index in [1.807, 2.05) is 18.7 Å². The van der Waals surface area contributed by atoms with Crippen LogP contribution in [0.4, 0.5) is 0 Å². The van der Waals surface area contributed by atoms with Crippen molar-refractivity contribution >= 4 is 11.8 Å². The summed E-state index contributed by atoms with van der Waals surface area (Å²) in [7, 11) is 0. The van der Waals surface area contributed by atoms with Gasteiger partial charge in [-0.15, -0.1) is 0 Å². The van der Waals surface area contributed by atoms with Crippen LogP contribution in [0.25, 0.3) is 0 Å². The van der Waals surface area contributed by atoms with Gasteiger partial charge in [0.05, 0.1) is 6.04 Å². The second-order valence-electron chi connectivity index (χ2n) is 4.96. The van der Waals surface area contributed by atoms with Crippen molar-refractivity contribution in [2.45, 2.75) is 52.1 Å². The third kappa shape index (κ3) is 4.64. The van der Waals surface area contributed by atoms with Gasteiger partial charge in [0, 0.05) is 32.6 Å². The third-order valence-corrected chi connectivity index (χ3v) is 3.37. The highest BCUT2D eigenvalue weighted by atomic mass is 16.2. The van der Waals surface area contributed by atoms with E-state index in [2.05, 4.69) is 10.6 Å². The Kier molecular flexibility index (Phi) is 6.12. The number of amides is 2. The summed E-state index contributed by atoms with van der Waals surface area (Å²) in [6.45, 7) is 7.84. The number of hydrogen-bond donors (Lipinski definition) is 2. The van der Waals surface area contributed by atoms with Crippen LogP contribution in [-0.2, 0) is 9.59 Å². The summed E-state index contributed by atoms with van der Waals surface area (Å²) in [5.41, 5.74) is 0. The summed E-state index contributed by atoms with van der Waals surface area (Å²) < 4.78 is 0. The highest BCUT2D eigenvalue weighted by Crippen LogP contribution is 2.10. The van der Waals surface area contributed by atoms with Crippen molar-refractivity contribution in [3.8, 4) is 0 Å². The average molecular weight is 255 g/mol. The van der Waals surface area contributed by atoms with Gasteiger partial charge in [-0.1, -0.05) is 6.92 Å². The van der Waals surface area contributed by atoms with Crippen molar-refractivity contribution in [3.63, 3.8) is 0 Å². The predicted molar refractivity (Wildman–Crippen MR) is 71.2 cm³/mol. The van der Waals surface area contributed by atoms with Crippen LogP contribution in [0.1, 0.15) is 40.0 Å². The van der Waals surface area contributed by atoms with Gasteiger partial charge in [-0.3, -0.25) is 9.59 Å². The maximum Gasteiger partial charge on any atom is 0.236 e. The Hall–Kier alpha value is -1.10. The minimum absolute atomic E-state index is 0.0610. The first-order valence-electron chi connectivity index (χ1n) is 6.83. The quantitative estimate of drug-likeness (QED) is 0.752. The number of carbonyl (C=O) groups excluding carboxylic acids is 2. The highest BCUT2D eigenvalue weighted by molar-refractivity contribution is 5.81. The molecule has 104 valence electrons. The van der Waals surface area contributed by atoms with Crippen molar-refractivity contribution in [2.24, 2.45) is 0 Å². The number of likely N-dealkylation sites (tertiary alicyclic amines) is 1. The molecule has 0 aromatic carbocycles. The van der Waals surface area contributed by atoms with Crippen LogP contribution in [0.2, 0.25) is 0 Å². The van der Waals surface area contributed by atoms with Gasteiger partial charge >= 0.3 is 0 Å². The molecular formula is C13H25N3O2. The van der Waals surface area contributed by atoms with Gasteiger partial charge in [-0.25, -0.2) is 0 Å². The van der Waals surface area contributed by atoms with E-state index in [9.17, 15) is 9.59 Å². The average Bonchev–Trinajstić information content (AvgIpc) is 2.36. The zero-order chi connectivity index (χ0) is 13.5. The summed E-state index contributed by atoms with van der Waals surface area (Å²) in [5, 5.41) is 6.22. The lowest BCUT2D eigenvalue weighted by molar-refractivity contribution is -0.130. The van der Waals surface area contributed by atoms with Crippen LogP contribution in [-0.4, -0.2) is 48.4 Å². The van der Waals surface area contributed by atoms with Crippen LogP contribution in [0.3, 0.4) is 0 Å². The molecule has 18 heavy (non-hydrogen) atoms. The second kappa shape index (κ2) is 7.36. The summed E-state index contributed by atoms with van der Waals surface area (Å²) in [5.74, 6) is 0.202. The number of rotatable bonds is 5. The summed E-state index contributed by atoms with van der Waals surface area (Å²) in [4.78, 5) is 24.8. The summed E-state index contributed by atoms with van der Waals surface area (Å²) >= 11 is 0. The molecule has 2 N–H and O–H groups in total. The molecule has 1 aliphatic rings. The van der Waals surface area contributed by atoms with E-state index in [0.29, 0.717) is 6.04 Å². The largest absolute Gasteiger partial charge is 0.355 e. The van der Waals surface area contributed by atoms with Gasteiger partial charge in [0.1, 0.15) is 0 Å². The standard InChI is InChI=1S/C13H25N3O2/c1-4-7-14-13(18)10(2)15-12-5-8-16(9-6-12)11(3)17/h10,12,15H,4-9H2,1-3H3,(H,14,18). The highest BCUT2D eigenvalue weighted by Gasteiger charge is 2.23.